The molecule has 3 aromatic heterocycles. The van der Waals surface area contributed by atoms with Crippen LogP contribution in [0.1, 0.15) is 26.2 Å². The van der Waals surface area contributed by atoms with E-state index < -0.39 is 22.0 Å². The van der Waals surface area contributed by atoms with Crippen molar-refractivity contribution in [1.29, 1.82) is 0 Å². The normalized spacial score (nSPS) is 17.1. The fourth-order valence-corrected chi connectivity index (χ4v) is 6.73. The third kappa shape index (κ3) is 4.19. The van der Waals surface area contributed by atoms with Gasteiger partial charge in [-0.3, -0.25) is 10.1 Å². The molecule has 0 aliphatic carbocycles. The van der Waals surface area contributed by atoms with Gasteiger partial charge in [-0.15, -0.1) is 16.4 Å². The smallest absolute Gasteiger partial charge is 0.322 e. The van der Waals surface area contributed by atoms with Crippen LogP contribution in [0.25, 0.3) is 22.6 Å². The molecule has 1 atom stereocenters. The van der Waals surface area contributed by atoms with Crippen molar-refractivity contribution in [2.45, 2.75) is 36.4 Å². The fraction of sp³-hybridized carbons (Fsp3) is 0.318. The van der Waals surface area contributed by atoms with Crippen LogP contribution in [-0.4, -0.2) is 48.0 Å². The van der Waals surface area contributed by atoms with Gasteiger partial charge in [0.15, 0.2) is 17.1 Å². The molecule has 12 heteroatoms. The van der Waals surface area contributed by atoms with Crippen molar-refractivity contribution >= 4 is 44.3 Å². The number of fused-ring (bicyclic) bond motifs is 1. The Balaban J connectivity index is 1.35. The van der Waals surface area contributed by atoms with E-state index in [9.17, 15) is 13.2 Å². The second kappa shape index (κ2) is 9.20. The van der Waals surface area contributed by atoms with E-state index in [1.165, 1.54) is 10.4 Å². The lowest BCUT2D eigenvalue weighted by Gasteiger charge is -2.32. The zero-order valence-corrected chi connectivity index (χ0v) is 19.9. The molecule has 1 fully saturated rings. The third-order valence-corrected chi connectivity index (χ3v) is 8.77. The van der Waals surface area contributed by atoms with Crippen LogP contribution in [0.4, 0.5) is 6.01 Å². The van der Waals surface area contributed by atoms with Gasteiger partial charge in [0.05, 0.1) is 6.61 Å². The molecule has 0 saturated carbocycles. The maximum atomic E-state index is 13.0. The highest BCUT2D eigenvalue weighted by molar-refractivity contribution is 7.91. The quantitative estimate of drug-likeness (QED) is 0.400. The summed E-state index contributed by atoms with van der Waals surface area (Å²) in [4.78, 5) is 13.0. The number of amides is 1. The molecule has 1 amide bonds. The van der Waals surface area contributed by atoms with Crippen molar-refractivity contribution in [3.8, 4) is 17.4 Å². The topological polar surface area (TPSA) is 128 Å². The molecule has 4 heterocycles. The number of hydrogen-bond donors (Lipinski definition) is 1. The van der Waals surface area contributed by atoms with Gasteiger partial charge >= 0.3 is 6.01 Å². The zero-order valence-electron chi connectivity index (χ0n) is 18.3. The van der Waals surface area contributed by atoms with E-state index in [2.05, 4.69) is 15.5 Å². The van der Waals surface area contributed by atoms with Crippen LogP contribution in [0.15, 0.2) is 54.8 Å². The monoisotopic (exact) mass is 502 g/mol. The summed E-state index contributed by atoms with van der Waals surface area (Å²) in [6.45, 7) is 2.65. The average molecular weight is 503 g/mol. The minimum Gasteiger partial charge on any atom is -0.490 e. The number of nitrogens with one attached hydrogen (secondary N) is 1. The maximum Gasteiger partial charge on any atom is 0.322 e. The number of para-hydroxylation sites is 1. The SMILES string of the molecule is CCOc1cccc2cc(-c3nnc(NC(=O)C4CCCCN4S(=O)(=O)c4cccs4)o3)oc12. The van der Waals surface area contributed by atoms with E-state index in [0.717, 1.165) is 23.1 Å². The minimum atomic E-state index is -3.77. The summed E-state index contributed by atoms with van der Waals surface area (Å²) in [7, 11) is -3.77. The van der Waals surface area contributed by atoms with Gasteiger partial charge in [0.2, 0.25) is 5.91 Å². The van der Waals surface area contributed by atoms with Gasteiger partial charge < -0.3 is 13.6 Å². The van der Waals surface area contributed by atoms with Crippen molar-refractivity contribution in [3.63, 3.8) is 0 Å². The zero-order chi connectivity index (χ0) is 23.7. The molecule has 178 valence electrons. The number of furan rings is 1. The highest BCUT2D eigenvalue weighted by atomic mass is 32.2. The molecule has 0 bridgehead atoms. The number of hydrogen-bond acceptors (Lipinski definition) is 9. The van der Waals surface area contributed by atoms with Crippen LogP contribution in [0.3, 0.4) is 0 Å². The van der Waals surface area contributed by atoms with Gasteiger partial charge in [0, 0.05) is 11.9 Å². The first-order valence-corrected chi connectivity index (χ1v) is 13.1. The molecule has 0 spiro atoms. The second-order valence-electron chi connectivity index (χ2n) is 7.68. The molecule has 1 aromatic carbocycles. The van der Waals surface area contributed by atoms with E-state index in [1.807, 2.05) is 19.1 Å². The Hall–Kier alpha value is -3.22. The number of nitrogens with zero attached hydrogens (tertiary/aromatic N) is 3. The van der Waals surface area contributed by atoms with E-state index >= 15 is 0 Å². The molecular weight excluding hydrogens is 480 g/mol. The van der Waals surface area contributed by atoms with Gasteiger partial charge in [-0.05, 0) is 43.3 Å². The number of carbonyl (C=O) groups is 1. The molecule has 0 radical (unpaired) electrons. The van der Waals surface area contributed by atoms with Crippen LogP contribution in [0.5, 0.6) is 5.75 Å². The maximum absolute atomic E-state index is 13.0. The highest BCUT2D eigenvalue weighted by Crippen LogP contribution is 2.34. The van der Waals surface area contributed by atoms with Crippen LogP contribution in [-0.2, 0) is 14.8 Å². The number of piperidine rings is 1. The van der Waals surface area contributed by atoms with Gasteiger partial charge in [-0.1, -0.05) is 29.7 Å². The fourth-order valence-electron chi connectivity index (χ4n) is 3.95. The number of rotatable bonds is 7. The van der Waals surface area contributed by atoms with Crippen molar-refractivity contribution in [3.05, 3.63) is 41.8 Å². The molecule has 1 N–H and O–H groups in total. The van der Waals surface area contributed by atoms with Crippen LogP contribution in [0, 0.1) is 0 Å². The van der Waals surface area contributed by atoms with Gasteiger partial charge in [-0.25, -0.2) is 8.42 Å². The van der Waals surface area contributed by atoms with Crippen LogP contribution < -0.4 is 10.1 Å². The Bertz CT molecular complexity index is 1410. The first kappa shape index (κ1) is 22.6. The second-order valence-corrected chi connectivity index (χ2v) is 10.7. The van der Waals surface area contributed by atoms with E-state index in [-0.39, 0.29) is 22.7 Å². The molecule has 1 saturated heterocycles. The molecular formula is C22H22N4O6S2. The number of anilines is 1. The molecule has 10 nitrogen and oxygen atoms in total. The predicted molar refractivity (Wildman–Crippen MR) is 125 cm³/mol. The Labute approximate surface area is 199 Å². The molecule has 1 aliphatic heterocycles. The summed E-state index contributed by atoms with van der Waals surface area (Å²) < 4.78 is 44.6. The lowest BCUT2D eigenvalue weighted by Crippen LogP contribution is -2.49. The lowest BCUT2D eigenvalue weighted by atomic mass is 10.0. The number of aromatic nitrogens is 2. The van der Waals surface area contributed by atoms with Crippen LogP contribution >= 0.6 is 11.3 Å². The first-order chi connectivity index (χ1) is 16.5. The van der Waals surface area contributed by atoms with Gasteiger partial charge in [0.25, 0.3) is 15.9 Å². The lowest BCUT2D eigenvalue weighted by molar-refractivity contribution is -0.120. The standard InChI is InChI=1S/C22H22N4O6S2/c1-2-30-16-9-5-7-14-13-17(31-19(14)16)21-24-25-22(32-21)23-20(27)15-8-3-4-11-26(15)34(28,29)18-10-6-12-33-18/h5-7,9-10,12-13,15H,2-4,8,11H2,1H3,(H,23,25,27). The van der Waals surface area contributed by atoms with E-state index in [1.54, 1.807) is 23.6 Å². The predicted octanol–water partition coefficient (Wildman–Crippen LogP) is 4.12. The molecule has 4 aromatic rings. The Morgan fingerprint density at radius 1 is 1.24 bits per heavy atom. The van der Waals surface area contributed by atoms with Crippen LogP contribution in [0.2, 0.25) is 0 Å². The largest absolute Gasteiger partial charge is 0.490 e. The number of ether oxygens (including phenoxy) is 1. The third-order valence-electron chi connectivity index (χ3n) is 5.49. The summed E-state index contributed by atoms with van der Waals surface area (Å²) in [5.41, 5.74) is 0.555. The van der Waals surface area contributed by atoms with Crippen molar-refractivity contribution in [1.82, 2.24) is 14.5 Å². The molecule has 1 unspecified atom stereocenters. The molecule has 34 heavy (non-hydrogen) atoms. The van der Waals surface area contributed by atoms with Crippen molar-refractivity contribution in [2.24, 2.45) is 0 Å². The Morgan fingerprint density at radius 3 is 2.91 bits per heavy atom. The molecule has 5 rings (SSSR count). The summed E-state index contributed by atoms with van der Waals surface area (Å²) >= 11 is 1.13. The number of thiophene rings is 1. The van der Waals surface area contributed by atoms with Crippen molar-refractivity contribution < 1.29 is 26.8 Å². The van der Waals surface area contributed by atoms with E-state index in [4.69, 9.17) is 13.6 Å². The summed E-state index contributed by atoms with van der Waals surface area (Å²) in [6, 6.07) is 9.48. The van der Waals surface area contributed by atoms with E-state index in [0.29, 0.717) is 36.5 Å². The Morgan fingerprint density at radius 2 is 2.12 bits per heavy atom. The highest BCUT2D eigenvalue weighted by Gasteiger charge is 2.38. The van der Waals surface area contributed by atoms with Gasteiger partial charge in [-0.2, -0.15) is 4.31 Å². The summed E-state index contributed by atoms with van der Waals surface area (Å²) in [5, 5.41) is 12.9. The average Bonchev–Trinajstić information content (AvgIpc) is 3.60. The Kier molecular flexibility index (Phi) is 6.11. The summed E-state index contributed by atoms with van der Waals surface area (Å²) in [6.07, 6.45) is 1.83. The number of sulfonamides is 1. The van der Waals surface area contributed by atoms with Crippen molar-refractivity contribution in [2.75, 3.05) is 18.5 Å². The summed E-state index contributed by atoms with van der Waals surface area (Å²) in [5.74, 6) is 0.497. The van der Waals surface area contributed by atoms with Gasteiger partial charge in [0.1, 0.15) is 10.3 Å². The number of benzene rings is 1. The first-order valence-electron chi connectivity index (χ1n) is 10.8. The minimum absolute atomic E-state index is 0.0839. The molecule has 1 aliphatic rings. The number of carbonyl (C=O) groups excluding carboxylic acids is 1.